The van der Waals surface area contributed by atoms with Crippen molar-refractivity contribution in [2.45, 2.75) is 6.92 Å². The number of hydrogen-bond acceptors (Lipinski definition) is 0. The maximum Gasteiger partial charge on any atom is 0.0147 e. The molecule has 0 aliphatic heterocycles. The highest BCUT2D eigenvalue weighted by molar-refractivity contribution is 5.73. The summed E-state index contributed by atoms with van der Waals surface area (Å²) < 4.78 is 2.16. The molecule has 0 saturated heterocycles. The molecule has 1 aromatic heterocycles. The van der Waals surface area contributed by atoms with Crippen LogP contribution in [0.1, 0.15) is 5.69 Å². The van der Waals surface area contributed by atoms with E-state index in [0.29, 0.717) is 0 Å². The average molecular weight is 247 g/mol. The molecule has 2 aromatic carbocycles. The predicted molar refractivity (Wildman–Crippen MR) is 81.0 cm³/mol. The van der Waals surface area contributed by atoms with Crippen LogP contribution >= 0.6 is 0 Å². The van der Waals surface area contributed by atoms with E-state index in [4.69, 9.17) is 0 Å². The van der Waals surface area contributed by atoms with Crippen molar-refractivity contribution in [3.05, 3.63) is 72.6 Å². The lowest BCUT2D eigenvalue weighted by molar-refractivity contribution is 0.883. The highest BCUT2D eigenvalue weighted by Gasteiger charge is 2.04. The van der Waals surface area contributed by atoms with Gasteiger partial charge in [0.15, 0.2) is 0 Å². The zero-order chi connectivity index (χ0) is 13.2. The van der Waals surface area contributed by atoms with Gasteiger partial charge in [0.1, 0.15) is 0 Å². The molecule has 3 aromatic rings. The van der Waals surface area contributed by atoms with Crippen LogP contribution in [0.15, 0.2) is 66.9 Å². The molecule has 1 heterocycles. The van der Waals surface area contributed by atoms with Crippen molar-refractivity contribution in [1.29, 1.82) is 0 Å². The molecule has 0 bridgehead atoms. The Morgan fingerprint density at radius 3 is 1.95 bits per heavy atom. The Morgan fingerprint density at radius 2 is 1.32 bits per heavy atom. The molecule has 0 atom stereocenters. The van der Waals surface area contributed by atoms with Gasteiger partial charge in [-0.1, -0.05) is 48.5 Å². The van der Waals surface area contributed by atoms with Crippen LogP contribution in [-0.2, 0) is 7.05 Å². The van der Waals surface area contributed by atoms with Crippen molar-refractivity contribution in [1.82, 2.24) is 4.57 Å². The van der Waals surface area contributed by atoms with Crippen molar-refractivity contribution < 1.29 is 0 Å². The van der Waals surface area contributed by atoms with E-state index < -0.39 is 0 Å². The first-order valence-corrected chi connectivity index (χ1v) is 6.53. The Labute approximate surface area is 114 Å². The topological polar surface area (TPSA) is 4.93 Å². The molecule has 1 nitrogen and oxygen atoms in total. The molecule has 1 heteroatoms. The summed E-state index contributed by atoms with van der Waals surface area (Å²) >= 11 is 0. The van der Waals surface area contributed by atoms with Crippen LogP contribution in [0.3, 0.4) is 0 Å². The second kappa shape index (κ2) is 4.77. The quantitative estimate of drug-likeness (QED) is 0.620. The summed E-state index contributed by atoms with van der Waals surface area (Å²) in [6, 6.07) is 21.4. The molecule has 0 aliphatic rings. The highest BCUT2D eigenvalue weighted by atomic mass is 14.9. The number of benzene rings is 2. The van der Waals surface area contributed by atoms with Crippen LogP contribution in [0.2, 0.25) is 0 Å². The summed E-state index contributed by atoms with van der Waals surface area (Å²) in [4.78, 5) is 0. The Hall–Kier alpha value is -2.28. The third-order valence-corrected chi connectivity index (χ3v) is 3.56. The van der Waals surface area contributed by atoms with Gasteiger partial charge in [-0.25, -0.2) is 0 Å². The van der Waals surface area contributed by atoms with Crippen LogP contribution in [-0.4, -0.2) is 4.57 Å². The fraction of sp³-hybridized carbons (Fsp3) is 0.111. The molecule has 19 heavy (non-hydrogen) atoms. The molecule has 0 aliphatic carbocycles. The lowest BCUT2D eigenvalue weighted by atomic mass is 10.0. The smallest absolute Gasteiger partial charge is 0.0147 e. The summed E-state index contributed by atoms with van der Waals surface area (Å²) in [7, 11) is 2.08. The van der Waals surface area contributed by atoms with E-state index in [2.05, 4.69) is 79.3 Å². The summed E-state index contributed by atoms with van der Waals surface area (Å²) in [5, 5.41) is 0. The molecule has 0 unspecified atom stereocenters. The second-order valence-electron chi connectivity index (χ2n) is 4.93. The van der Waals surface area contributed by atoms with Gasteiger partial charge in [0, 0.05) is 18.9 Å². The summed E-state index contributed by atoms with van der Waals surface area (Å²) in [5.74, 6) is 0. The van der Waals surface area contributed by atoms with E-state index in [-0.39, 0.29) is 0 Å². The Bertz CT molecular complexity index is 673. The van der Waals surface area contributed by atoms with Gasteiger partial charge in [-0.05, 0) is 41.3 Å². The lowest BCUT2D eigenvalue weighted by Gasteiger charge is -2.04. The molecule has 0 saturated carbocycles. The molecule has 0 spiro atoms. The first-order valence-electron chi connectivity index (χ1n) is 6.53. The standard InChI is InChI=1S/C18H17N/c1-14-11-18(13-19(14)2)17-10-6-9-16(12-17)15-7-4-3-5-8-15/h3-13H,1-2H3. The van der Waals surface area contributed by atoms with Gasteiger partial charge < -0.3 is 4.57 Å². The summed E-state index contributed by atoms with van der Waals surface area (Å²) in [5.41, 5.74) is 6.35. The van der Waals surface area contributed by atoms with E-state index in [1.54, 1.807) is 0 Å². The largest absolute Gasteiger partial charge is 0.354 e. The van der Waals surface area contributed by atoms with E-state index >= 15 is 0 Å². The summed E-state index contributed by atoms with van der Waals surface area (Å²) in [6.45, 7) is 2.13. The molecular weight excluding hydrogens is 230 g/mol. The maximum absolute atomic E-state index is 2.25. The van der Waals surface area contributed by atoms with Gasteiger partial charge in [0.05, 0.1) is 0 Å². The number of hydrogen-bond donors (Lipinski definition) is 0. The second-order valence-corrected chi connectivity index (χ2v) is 4.93. The minimum absolute atomic E-state index is 1.26. The molecule has 0 N–H and O–H groups in total. The zero-order valence-corrected chi connectivity index (χ0v) is 11.3. The minimum Gasteiger partial charge on any atom is -0.354 e. The Kier molecular flexibility index (Phi) is 2.96. The van der Waals surface area contributed by atoms with Crippen molar-refractivity contribution >= 4 is 0 Å². The molecule has 3 rings (SSSR count). The number of aryl methyl sites for hydroxylation is 2. The number of nitrogens with zero attached hydrogens (tertiary/aromatic N) is 1. The van der Waals surface area contributed by atoms with Gasteiger partial charge in [0.2, 0.25) is 0 Å². The van der Waals surface area contributed by atoms with Crippen LogP contribution < -0.4 is 0 Å². The number of rotatable bonds is 2. The molecular formula is C18H17N. The van der Waals surface area contributed by atoms with Crippen molar-refractivity contribution in [2.24, 2.45) is 7.05 Å². The normalized spacial score (nSPS) is 10.6. The van der Waals surface area contributed by atoms with Crippen LogP contribution in [0.4, 0.5) is 0 Å². The zero-order valence-electron chi connectivity index (χ0n) is 11.3. The van der Waals surface area contributed by atoms with Gasteiger partial charge in [0.25, 0.3) is 0 Å². The molecule has 94 valence electrons. The molecule has 0 amide bonds. The first-order chi connectivity index (χ1) is 9.24. The average Bonchev–Trinajstić information content (AvgIpc) is 2.80. The Morgan fingerprint density at radius 1 is 0.684 bits per heavy atom. The third-order valence-electron chi connectivity index (χ3n) is 3.56. The SMILES string of the molecule is Cc1cc(-c2cccc(-c3ccccc3)c2)cn1C. The van der Waals surface area contributed by atoms with E-state index in [9.17, 15) is 0 Å². The molecule has 0 radical (unpaired) electrons. The first kappa shape index (κ1) is 11.8. The third kappa shape index (κ3) is 2.32. The number of aromatic nitrogens is 1. The van der Waals surface area contributed by atoms with E-state index in [1.807, 2.05) is 6.07 Å². The maximum atomic E-state index is 2.25. The van der Waals surface area contributed by atoms with Crippen molar-refractivity contribution in [3.8, 4) is 22.3 Å². The van der Waals surface area contributed by atoms with E-state index in [0.717, 1.165) is 0 Å². The Balaban J connectivity index is 2.05. The van der Waals surface area contributed by atoms with Gasteiger partial charge in [-0.3, -0.25) is 0 Å². The highest BCUT2D eigenvalue weighted by Crippen LogP contribution is 2.27. The summed E-state index contributed by atoms with van der Waals surface area (Å²) in [6.07, 6.45) is 2.18. The van der Waals surface area contributed by atoms with Crippen LogP contribution in [0, 0.1) is 6.92 Å². The molecule has 0 fully saturated rings. The van der Waals surface area contributed by atoms with Gasteiger partial charge in [-0.2, -0.15) is 0 Å². The van der Waals surface area contributed by atoms with Crippen molar-refractivity contribution in [3.63, 3.8) is 0 Å². The fourth-order valence-electron chi connectivity index (χ4n) is 2.34. The lowest BCUT2D eigenvalue weighted by Crippen LogP contribution is -1.85. The van der Waals surface area contributed by atoms with Crippen LogP contribution in [0.5, 0.6) is 0 Å². The van der Waals surface area contributed by atoms with Gasteiger partial charge in [-0.15, -0.1) is 0 Å². The van der Waals surface area contributed by atoms with E-state index in [1.165, 1.54) is 27.9 Å². The van der Waals surface area contributed by atoms with Crippen LogP contribution in [0.25, 0.3) is 22.3 Å². The monoisotopic (exact) mass is 247 g/mol. The van der Waals surface area contributed by atoms with Gasteiger partial charge >= 0.3 is 0 Å². The van der Waals surface area contributed by atoms with Crippen molar-refractivity contribution in [2.75, 3.05) is 0 Å². The predicted octanol–water partition coefficient (Wildman–Crippen LogP) is 4.67. The fourth-order valence-corrected chi connectivity index (χ4v) is 2.34. The minimum atomic E-state index is 1.26.